The first-order chi connectivity index (χ1) is 16.1. The maximum absolute atomic E-state index is 11.9. The molecule has 10 unspecified atom stereocenters. The summed E-state index contributed by atoms with van der Waals surface area (Å²) in [6.07, 6.45) is 11.7. The maximum atomic E-state index is 11.9. The van der Waals surface area contributed by atoms with Gasteiger partial charge in [-0.15, -0.1) is 0 Å². The number of esters is 1. The van der Waals surface area contributed by atoms with Crippen LogP contribution in [0.4, 0.5) is 0 Å². The van der Waals surface area contributed by atoms with Crippen LogP contribution in [0.1, 0.15) is 114 Å². The third-order valence-corrected chi connectivity index (χ3v) is 13.4. The van der Waals surface area contributed by atoms with Crippen LogP contribution >= 0.6 is 0 Å². The minimum Gasteiger partial charge on any atom is -0.462 e. The van der Waals surface area contributed by atoms with Crippen LogP contribution in [0.25, 0.3) is 0 Å². The molecule has 4 saturated carbocycles. The molecule has 5 rings (SSSR count). The molecule has 198 valence electrons. The second-order valence-corrected chi connectivity index (χ2v) is 15.4. The van der Waals surface area contributed by atoms with Gasteiger partial charge in [0.15, 0.2) is 0 Å². The number of aliphatic hydroxyl groups excluding tert-OH is 1. The molecule has 0 aromatic heterocycles. The number of ether oxygens (including phenoxy) is 1. The topological polar surface area (TPSA) is 46.5 Å². The van der Waals surface area contributed by atoms with Crippen molar-refractivity contribution in [2.24, 2.45) is 56.7 Å². The lowest BCUT2D eigenvalue weighted by molar-refractivity contribution is -0.187. The lowest BCUT2D eigenvalue weighted by Crippen LogP contribution is -2.63. The zero-order valence-corrected chi connectivity index (χ0v) is 24.0. The summed E-state index contributed by atoms with van der Waals surface area (Å²) in [7, 11) is 0. The normalized spacial score (nSPS) is 52.6. The van der Waals surface area contributed by atoms with Crippen LogP contribution in [0, 0.1) is 56.7 Å². The van der Waals surface area contributed by atoms with E-state index in [1.165, 1.54) is 25.7 Å². The lowest BCUT2D eigenvalue weighted by Gasteiger charge is -2.69. The lowest BCUT2D eigenvalue weighted by atomic mass is 9.35. The van der Waals surface area contributed by atoms with Crippen molar-refractivity contribution < 1.29 is 14.6 Å². The van der Waals surface area contributed by atoms with Gasteiger partial charge in [0, 0.05) is 12.3 Å². The Morgan fingerprint density at radius 2 is 1.69 bits per heavy atom. The highest BCUT2D eigenvalue weighted by atomic mass is 16.5. The maximum Gasteiger partial charge on any atom is 0.302 e. The molecule has 0 heterocycles. The van der Waals surface area contributed by atoms with Crippen molar-refractivity contribution in [2.45, 2.75) is 126 Å². The SMILES string of the molecule is CC(=O)OC1CCC2(C)C3=CCC4(C)C5C(O)CC(C(C)C)C5(C)CCC4(C)C3CCC2C1(C)C. The monoisotopic (exact) mass is 484 g/mol. The number of hydrogen-bond acceptors (Lipinski definition) is 3. The van der Waals surface area contributed by atoms with Gasteiger partial charge in [0.25, 0.3) is 0 Å². The summed E-state index contributed by atoms with van der Waals surface area (Å²) in [4.78, 5) is 11.9. The Morgan fingerprint density at radius 1 is 1.00 bits per heavy atom. The molecule has 10 atom stereocenters. The summed E-state index contributed by atoms with van der Waals surface area (Å²) in [6.45, 7) is 21.2. The number of carbonyl (C=O) groups excluding carboxylic acids is 1. The van der Waals surface area contributed by atoms with E-state index in [0.717, 1.165) is 25.7 Å². The minimum absolute atomic E-state index is 0.0105. The highest BCUT2D eigenvalue weighted by molar-refractivity contribution is 5.66. The Morgan fingerprint density at radius 3 is 2.31 bits per heavy atom. The van der Waals surface area contributed by atoms with Crippen LogP contribution in [0.5, 0.6) is 0 Å². The molecule has 0 saturated heterocycles. The minimum atomic E-state index is -0.169. The molecule has 3 heteroatoms. The van der Waals surface area contributed by atoms with E-state index in [2.05, 4.69) is 61.5 Å². The summed E-state index contributed by atoms with van der Waals surface area (Å²) in [5, 5.41) is 11.6. The van der Waals surface area contributed by atoms with E-state index in [0.29, 0.717) is 29.6 Å². The number of allylic oxidation sites excluding steroid dienone is 2. The Bertz CT molecular complexity index is 918. The van der Waals surface area contributed by atoms with Crippen molar-refractivity contribution in [1.82, 2.24) is 0 Å². The molecular formula is C32H52O3. The molecule has 3 nitrogen and oxygen atoms in total. The van der Waals surface area contributed by atoms with Crippen molar-refractivity contribution in [3.05, 3.63) is 11.6 Å². The average molecular weight is 485 g/mol. The van der Waals surface area contributed by atoms with Gasteiger partial charge in [-0.1, -0.05) is 67.0 Å². The fourth-order valence-corrected chi connectivity index (χ4v) is 11.7. The third kappa shape index (κ3) is 3.21. The van der Waals surface area contributed by atoms with E-state index >= 15 is 0 Å². The Kier molecular flexibility index (Phi) is 5.78. The van der Waals surface area contributed by atoms with Gasteiger partial charge < -0.3 is 9.84 Å². The molecule has 4 fully saturated rings. The molecular weight excluding hydrogens is 432 g/mol. The molecule has 0 aromatic rings. The predicted octanol–water partition coefficient (Wildman–Crippen LogP) is 7.57. The molecule has 5 aliphatic carbocycles. The molecule has 0 amide bonds. The van der Waals surface area contributed by atoms with Crippen LogP contribution in [0.2, 0.25) is 0 Å². The second-order valence-electron chi connectivity index (χ2n) is 15.4. The standard InChI is InChI=1S/C32H52O3/c1-19(2)23-18-24(34)27-30(23,7)16-17-31(8)22-10-11-25-28(4,5)26(35-20(3)33)13-14-29(25,6)21(22)12-15-32(27,31)9/h12,19,22-27,34H,10-11,13-18H2,1-9H3. The van der Waals surface area contributed by atoms with Gasteiger partial charge in [0.2, 0.25) is 0 Å². The van der Waals surface area contributed by atoms with E-state index < -0.39 is 0 Å². The fourth-order valence-electron chi connectivity index (χ4n) is 11.7. The van der Waals surface area contributed by atoms with E-state index in [1.54, 1.807) is 12.5 Å². The Labute approximate surface area is 214 Å². The zero-order chi connectivity index (χ0) is 25.8. The van der Waals surface area contributed by atoms with Gasteiger partial charge in [-0.25, -0.2) is 0 Å². The van der Waals surface area contributed by atoms with Gasteiger partial charge in [0.05, 0.1) is 6.10 Å². The van der Waals surface area contributed by atoms with Crippen molar-refractivity contribution in [3.63, 3.8) is 0 Å². The summed E-state index contributed by atoms with van der Waals surface area (Å²) in [5.41, 5.74) is 2.52. The van der Waals surface area contributed by atoms with Gasteiger partial charge in [-0.05, 0) is 103 Å². The summed E-state index contributed by atoms with van der Waals surface area (Å²) < 4.78 is 5.87. The third-order valence-electron chi connectivity index (χ3n) is 13.4. The van der Waals surface area contributed by atoms with E-state index in [9.17, 15) is 9.90 Å². The van der Waals surface area contributed by atoms with Crippen LogP contribution < -0.4 is 0 Å². The first kappa shape index (κ1) is 25.8. The van der Waals surface area contributed by atoms with Gasteiger partial charge in [0.1, 0.15) is 6.10 Å². The first-order valence-corrected chi connectivity index (χ1v) is 14.7. The van der Waals surface area contributed by atoms with Crippen LogP contribution in [0.3, 0.4) is 0 Å². The van der Waals surface area contributed by atoms with Crippen molar-refractivity contribution in [3.8, 4) is 0 Å². The highest BCUT2D eigenvalue weighted by Crippen LogP contribution is 2.76. The smallest absolute Gasteiger partial charge is 0.302 e. The van der Waals surface area contributed by atoms with Gasteiger partial charge in [-0.3, -0.25) is 4.79 Å². The summed E-state index contributed by atoms with van der Waals surface area (Å²) in [6, 6.07) is 0. The van der Waals surface area contributed by atoms with Gasteiger partial charge in [-0.2, -0.15) is 0 Å². The summed E-state index contributed by atoms with van der Waals surface area (Å²) in [5.74, 6) is 2.66. The highest BCUT2D eigenvalue weighted by Gasteiger charge is 2.70. The largest absolute Gasteiger partial charge is 0.462 e. The zero-order valence-electron chi connectivity index (χ0n) is 24.0. The quantitative estimate of drug-likeness (QED) is 0.325. The predicted molar refractivity (Wildman–Crippen MR) is 142 cm³/mol. The van der Waals surface area contributed by atoms with Crippen molar-refractivity contribution in [1.29, 1.82) is 0 Å². The van der Waals surface area contributed by atoms with Crippen molar-refractivity contribution in [2.75, 3.05) is 0 Å². The van der Waals surface area contributed by atoms with E-state index in [4.69, 9.17) is 4.74 Å². The van der Waals surface area contributed by atoms with E-state index in [-0.39, 0.29) is 45.3 Å². The molecule has 1 N–H and O–H groups in total. The molecule has 0 radical (unpaired) electrons. The van der Waals surface area contributed by atoms with Crippen molar-refractivity contribution >= 4 is 5.97 Å². The first-order valence-electron chi connectivity index (χ1n) is 14.7. The van der Waals surface area contributed by atoms with Gasteiger partial charge >= 0.3 is 5.97 Å². The molecule has 0 aliphatic heterocycles. The number of fused-ring (bicyclic) bond motifs is 7. The average Bonchev–Trinajstić information content (AvgIpc) is 3.03. The molecule has 0 spiro atoms. The molecule has 5 aliphatic rings. The van der Waals surface area contributed by atoms with Crippen LogP contribution in [0.15, 0.2) is 11.6 Å². The molecule has 0 aromatic carbocycles. The number of aliphatic hydroxyl groups is 1. The molecule has 35 heavy (non-hydrogen) atoms. The Balaban J connectivity index is 1.53. The summed E-state index contributed by atoms with van der Waals surface area (Å²) >= 11 is 0. The van der Waals surface area contributed by atoms with Crippen LogP contribution in [-0.4, -0.2) is 23.3 Å². The number of carbonyl (C=O) groups is 1. The van der Waals surface area contributed by atoms with E-state index in [1.807, 2.05) is 0 Å². The number of rotatable bonds is 2. The second kappa shape index (κ2) is 7.84. The molecule has 0 bridgehead atoms. The number of hydrogen-bond donors (Lipinski definition) is 1. The van der Waals surface area contributed by atoms with Crippen LogP contribution in [-0.2, 0) is 9.53 Å². The Hall–Kier alpha value is -0.830. The fraction of sp³-hybridized carbons (Fsp3) is 0.906.